The average molecular weight is 195 g/mol. The maximum absolute atomic E-state index is 5.18. The zero-order valence-electron chi connectivity index (χ0n) is 8.79. The van der Waals surface area contributed by atoms with Crippen LogP contribution >= 0.6 is 0 Å². The number of aromatic nitrogens is 2. The molecule has 4 heteroatoms. The van der Waals surface area contributed by atoms with E-state index in [2.05, 4.69) is 29.3 Å². The average Bonchev–Trinajstić information content (AvgIpc) is 2.89. The molecule has 0 bridgehead atoms. The Morgan fingerprint density at radius 1 is 1.57 bits per heavy atom. The quantitative estimate of drug-likeness (QED) is 0.773. The van der Waals surface area contributed by atoms with Crippen molar-refractivity contribution in [3.8, 4) is 0 Å². The lowest BCUT2D eigenvalue weighted by Gasteiger charge is -2.07. The largest absolute Gasteiger partial charge is 0.339 e. The molecule has 0 radical (unpaired) electrons. The molecule has 0 spiro atoms. The standard InChI is InChI=1S/C10H17N3O/c1-3-11-7(2)6-9-12-10(13-14-9)8-4-5-8/h7-8,11H,3-6H2,1-2H3. The molecule has 0 aliphatic heterocycles. The number of nitrogens with zero attached hydrogens (tertiary/aromatic N) is 2. The third-order valence-corrected chi connectivity index (χ3v) is 2.46. The molecule has 1 aromatic rings. The topological polar surface area (TPSA) is 51.0 Å². The van der Waals surface area contributed by atoms with Crippen LogP contribution in [-0.2, 0) is 6.42 Å². The first-order valence-corrected chi connectivity index (χ1v) is 5.35. The molecule has 1 fully saturated rings. The second-order valence-electron chi connectivity index (χ2n) is 3.98. The Balaban J connectivity index is 1.88. The number of hydrogen-bond acceptors (Lipinski definition) is 4. The van der Waals surface area contributed by atoms with Crippen LogP contribution in [0.15, 0.2) is 4.52 Å². The van der Waals surface area contributed by atoms with E-state index >= 15 is 0 Å². The van der Waals surface area contributed by atoms with Gasteiger partial charge in [0.05, 0.1) is 0 Å². The maximum Gasteiger partial charge on any atom is 0.228 e. The van der Waals surface area contributed by atoms with Crippen molar-refractivity contribution >= 4 is 0 Å². The maximum atomic E-state index is 5.18. The summed E-state index contributed by atoms with van der Waals surface area (Å²) in [7, 11) is 0. The van der Waals surface area contributed by atoms with Crippen LogP contribution in [-0.4, -0.2) is 22.7 Å². The molecule has 1 atom stereocenters. The fourth-order valence-electron chi connectivity index (χ4n) is 1.54. The monoisotopic (exact) mass is 195 g/mol. The third-order valence-electron chi connectivity index (χ3n) is 2.46. The van der Waals surface area contributed by atoms with Crippen molar-refractivity contribution < 1.29 is 4.52 Å². The molecule has 1 saturated carbocycles. The van der Waals surface area contributed by atoms with E-state index < -0.39 is 0 Å². The van der Waals surface area contributed by atoms with Gasteiger partial charge in [-0.3, -0.25) is 0 Å². The number of rotatable bonds is 5. The lowest BCUT2D eigenvalue weighted by molar-refractivity contribution is 0.358. The van der Waals surface area contributed by atoms with Crippen LogP contribution in [0.1, 0.15) is 44.3 Å². The predicted molar refractivity (Wildman–Crippen MR) is 53.1 cm³/mol. The molecule has 0 amide bonds. The summed E-state index contributed by atoms with van der Waals surface area (Å²) in [5.74, 6) is 2.26. The van der Waals surface area contributed by atoms with Gasteiger partial charge in [0, 0.05) is 18.4 Å². The molecule has 1 aromatic heterocycles. The summed E-state index contributed by atoms with van der Waals surface area (Å²) in [4.78, 5) is 4.38. The van der Waals surface area contributed by atoms with Gasteiger partial charge in [0.25, 0.3) is 0 Å². The highest BCUT2D eigenvalue weighted by atomic mass is 16.5. The van der Waals surface area contributed by atoms with E-state index in [-0.39, 0.29) is 0 Å². The van der Waals surface area contributed by atoms with Gasteiger partial charge < -0.3 is 9.84 Å². The Morgan fingerprint density at radius 3 is 3.00 bits per heavy atom. The summed E-state index contributed by atoms with van der Waals surface area (Å²) in [6.45, 7) is 5.20. The summed E-state index contributed by atoms with van der Waals surface area (Å²) in [5.41, 5.74) is 0. The molecular formula is C10H17N3O. The van der Waals surface area contributed by atoms with Crippen molar-refractivity contribution in [1.29, 1.82) is 0 Å². The second-order valence-corrected chi connectivity index (χ2v) is 3.98. The number of nitrogens with one attached hydrogen (secondary N) is 1. The third kappa shape index (κ3) is 2.32. The van der Waals surface area contributed by atoms with E-state index in [1.54, 1.807) is 0 Å². The van der Waals surface area contributed by atoms with Gasteiger partial charge in [-0.25, -0.2) is 0 Å². The molecule has 4 nitrogen and oxygen atoms in total. The van der Waals surface area contributed by atoms with Gasteiger partial charge in [-0.1, -0.05) is 12.1 Å². The zero-order valence-corrected chi connectivity index (χ0v) is 8.79. The van der Waals surface area contributed by atoms with E-state index in [1.807, 2.05) is 0 Å². The summed E-state index contributed by atoms with van der Waals surface area (Å²) in [5, 5.41) is 7.30. The van der Waals surface area contributed by atoms with Crippen LogP contribution in [0.5, 0.6) is 0 Å². The Bertz CT molecular complexity index is 293. The van der Waals surface area contributed by atoms with Gasteiger partial charge in [-0.15, -0.1) is 0 Å². The Labute approximate surface area is 84.1 Å². The van der Waals surface area contributed by atoms with Crippen LogP contribution in [0.4, 0.5) is 0 Å². The SMILES string of the molecule is CCNC(C)Cc1nc(C2CC2)no1. The molecule has 2 rings (SSSR count). The normalized spacial score (nSPS) is 18.4. The summed E-state index contributed by atoms with van der Waals surface area (Å²) in [6, 6.07) is 0.410. The highest BCUT2D eigenvalue weighted by Crippen LogP contribution is 2.38. The molecule has 1 N–H and O–H groups in total. The van der Waals surface area contributed by atoms with Gasteiger partial charge in [0.15, 0.2) is 5.82 Å². The smallest absolute Gasteiger partial charge is 0.228 e. The molecule has 1 heterocycles. The van der Waals surface area contributed by atoms with Crippen LogP contribution in [0.25, 0.3) is 0 Å². The summed E-state index contributed by atoms with van der Waals surface area (Å²) in [6.07, 6.45) is 3.27. The van der Waals surface area contributed by atoms with Gasteiger partial charge in [-0.05, 0) is 26.3 Å². The first-order chi connectivity index (χ1) is 6.79. The van der Waals surface area contributed by atoms with Gasteiger partial charge in [0.1, 0.15) is 0 Å². The minimum Gasteiger partial charge on any atom is -0.339 e. The highest BCUT2D eigenvalue weighted by molar-refractivity contribution is 5.03. The van der Waals surface area contributed by atoms with Crippen molar-refractivity contribution in [2.75, 3.05) is 6.54 Å². The minimum atomic E-state index is 0.410. The molecular weight excluding hydrogens is 178 g/mol. The van der Waals surface area contributed by atoms with E-state index in [1.165, 1.54) is 12.8 Å². The molecule has 78 valence electrons. The van der Waals surface area contributed by atoms with Crippen molar-refractivity contribution in [3.63, 3.8) is 0 Å². The Morgan fingerprint density at radius 2 is 2.36 bits per heavy atom. The molecule has 0 saturated heterocycles. The number of hydrogen-bond donors (Lipinski definition) is 1. The zero-order chi connectivity index (χ0) is 9.97. The van der Waals surface area contributed by atoms with Gasteiger partial charge in [-0.2, -0.15) is 4.98 Å². The van der Waals surface area contributed by atoms with Crippen LogP contribution in [0.2, 0.25) is 0 Å². The van der Waals surface area contributed by atoms with Crippen LogP contribution in [0, 0.1) is 0 Å². The highest BCUT2D eigenvalue weighted by Gasteiger charge is 2.28. The van der Waals surface area contributed by atoms with Crippen molar-refractivity contribution in [3.05, 3.63) is 11.7 Å². The first kappa shape index (κ1) is 9.65. The van der Waals surface area contributed by atoms with E-state index in [0.29, 0.717) is 12.0 Å². The second kappa shape index (κ2) is 4.09. The Hall–Kier alpha value is -0.900. The van der Waals surface area contributed by atoms with Gasteiger partial charge >= 0.3 is 0 Å². The van der Waals surface area contributed by atoms with Crippen LogP contribution < -0.4 is 5.32 Å². The summed E-state index contributed by atoms with van der Waals surface area (Å²) < 4.78 is 5.18. The number of likely N-dealkylation sites (N-methyl/N-ethyl adjacent to an activating group) is 1. The molecule has 0 aromatic carbocycles. The van der Waals surface area contributed by atoms with E-state index in [0.717, 1.165) is 24.7 Å². The minimum absolute atomic E-state index is 0.410. The van der Waals surface area contributed by atoms with E-state index in [4.69, 9.17) is 4.52 Å². The van der Waals surface area contributed by atoms with Crippen molar-refractivity contribution in [1.82, 2.24) is 15.5 Å². The lowest BCUT2D eigenvalue weighted by Crippen LogP contribution is -2.27. The predicted octanol–water partition coefficient (Wildman–Crippen LogP) is 1.49. The molecule has 1 aliphatic rings. The first-order valence-electron chi connectivity index (χ1n) is 5.35. The molecule has 1 unspecified atom stereocenters. The van der Waals surface area contributed by atoms with Crippen molar-refractivity contribution in [2.45, 2.75) is 45.1 Å². The lowest BCUT2D eigenvalue weighted by atomic mass is 10.2. The summed E-state index contributed by atoms with van der Waals surface area (Å²) >= 11 is 0. The fraction of sp³-hybridized carbons (Fsp3) is 0.800. The van der Waals surface area contributed by atoms with Gasteiger partial charge in [0.2, 0.25) is 5.89 Å². The Kier molecular flexibility index (Phi) is 2.82. The van der Waals surface area contributed by atoms with E-state index in [9.17, 15) is 0 Å². The molecule has 1 aliphatic carbocycles. The van der Waals surface area contributed by atoms with Crippen molar-refractivity contribution in [2.24, 2.45) is 0 Å². The molecule has 14 heavy (non-hydrogen) atoms. The fourth-order valence-corrected chi connectivity index (χ4v) is 1.54. The van der Waals surface area contributed by atoms with Crippen LogP contribution in [0.3, 0.4) is 0 Å².